The van der Waals surface area contributed by atoms with Crippen LogP contribution in [0.4, 0.5) is 4.79 Å². The molecule has 5 amide bonds. The number of likely N-dealkylation sites (tertiary alicyclic amines) is 2. The number of benzene rings is 1. The summed E-state index contributed by atoms with van der Waals surface area (Å²) in [5.41, 5.74) is 9.28. The number of piperidine rings is 1. The maximum atomic E-state index is 14.7. The van der Waals surface area contributed by atoms with Gasteiger partial charge in [-0.3, -0.25) is 29.2 Å². The van der Waals surface area contributed by atoms with Crippen molar-refractivity contribution in [3.63, 3.8) is 0 Å². The quantitative estimate of drug-likeness (QED) is 0.135. The van der Waals surface area contributed by atoms with Gasteiger partial charge in [0.1, 0.15) is 18.1 Å². The summed E-state index contributed by atoms with van der Waals surface area (Å²) in [5.74, 6) is -1.68. The number of methoxy groups -OCH3 is 1. The van der Waals surface area contributed by atoms with Gasteiger partial charge in [-0.2, -0.15) is 0 Å². The van der Waals surface area contributed by atoms with Crippen molar-refractivity contribution < 1.29 is 33.4 Å². The number of pyridine rings is 1. The van der Waals surface area contributed by atoms with Gasteiger partial charge in [0.25, 0.3) is 5.91 Å². The van der Waals surface area contributed by atoms with Crippen LogP contribution in [0.25, 0.3) is 33.4 Å². The van der Waals surface area contributed by atoms with E-state index in [-0.39, 0.29) is 42.4 Å². The van der Waals surface area contributed by atoms with E-state index in [9.17, 15) is 24.0 Å². The van der Waals surface area contributed by atoms with Gasteiger partial charge in [0, 0.05) is 98.9 Å². The van der Waals surface area contributed by atoms with Crippen molar-refractivity contribution in [2.75, 3.05) is 53.5 Å². The third-order valence-electron chi connectivity index (χ3n) is 14.8. The summed E-state index contributed by atoms with van der Waals surface area (Å²) in [6.45, 7) is 19.3. The topological polar surface area (TPSA) is 172 Å². The minimum atomic E-state index is -1.07. The average Bonchev–Trinajstić information content (AvgIpc) is 4.07. The first-order valence-corrected chi connectivity index (χ1v) is 25.4. The molecule has 3 aromatic heterocycles. The number of esters is 1. The number of carbonyl (C=O) groups excluding carboxylic acids is 5. The Kier molecular flexibility index (Phi) is 14.7. The summed E-state index contributed by atoms with van der Waals surface area (Å²) in [7, 11) is 3.34. The molecule has 3 saturated heterocycles. The third kappa shape index (κ3) is 10.2. The van der Waals surface area contributed by atoms with Crippen LogP contribution < -0.4 is 10.7 Å². The number of urea groups is 1. The Morgan fingerprint density at radius 2 is 1.83 bits per heavy atom. The minimum Gasteiger partial charge on any atom is -0.464 e. The standard InChI is InChI=1S/C52H69N9O7S/c1-10-43(62)59-25-20-52(30-59)18-23-58(24-19-52)50(66)57(8)45(32(3)4)47(63)55-39-27-42-54-40(29-69-42)34-16-17-41-36(26-34)37(46(60(41)11-2)35-14-12-21-53-44(35)33(5)67-9)28-51(6,7)31-68-49(65)38-15-13-22-61(56-38)48(39)64/h10,12,14,16-17,21,26,29,32-33,38-39,45,56H,1,11,13,15,18-20,22-25,27-28,30-31H2,2-9H3,(H,55,63)/t33-,38-,39-,45?/m0/s1. The summed E-state index contributed by atoms with van der Waals surface area (Å²) in [5, 5.41) is 8.19. The molecule has 4 atom stereocenters. The predicted octanol–water partition coefficient (Wildman–Crippen LogP) is 6.78. The molecule has 4 aromatic rings. The lowest BCUT2D eigenvalue weighted by molar-refractivity contribution is -0.155. The Hall–Kier alpha value is -5.65. The summed E-state index contributed by atoms with van der Waals surface area (Å²) in [6.07, 6.45) is 6.98. The van der Waals surface area contributed by atoms with Crippen LogP contribution in [0.2, 0.25) is 0 Å². The van der Waals surface area contributed by atoms with Gasteiger partial charge in [-0.05, 0) is 99.6 Å². The molecule has 0 aliphatic carbocycles. The molecule has 1 spiro atoms. The van der Waals surface area contributed by atoms with Crippen LogP contribution in [0.5, 0.6) is 0 Å². The molecule has 0 radical (unpaired) electrons. The number of thiazole rings is 1. The molecular weight excluding hydrogens is 895 g/mol. The number of nitrogens with zero attached hydrogens (tertiary/aromatic N) is 7. The van der Waals surface area contributed by atoms with E-state index < -0.39 is 41.3 Å². The van der Waals surface area contributed by atoms with Crippen molar-refractivity contribution in [1.29, 1.82) is 0 Å². The van der Waals surface area contributed by atoms with Crippen molar-refractivity contribution in [3.05, 3.63) is 70.8 Å². The molecule has 8 rings (SSSR count). The number of hydrogen-bond donors (Lipinski definition) is 2. The van der Waals surface area contributed by atoms with Gasteiger partial charge in [-0.25, -0.2) is 15.2 Å². The van der Waals surface area contributed by atoms with E-state index in [1.165, 1.54) is 27.3 Å². The fraction of sp³-hybridized carbons (Fsp3) is 0.558. The fourth-order valence-corrected chi connectivity index (χ4v) is 11.8. The Morgan fingerprint density at radius 3 is 2.52 bits per heavy atom. The molecular formula is C52H69N9O7S. The molecule has 3 fully saturated rings. The fourth-order valence-electron chi connectivity index (χ4n) is 10.9. The Labute approximate surface area is 409 Å². The molecule has 1 aromatic carbocycles. The number of rotatable bonds is 9. The van der Waals surface area contributed by atoms with Gasteiger partial charge in [-0.1, -0.05) is 40.3 Å². The lowest BCUT2D eigenvalue weighted by Gasteiger charge is -2.42. The lowest BCUT2D eigenvalue weighted by atomic mass is 9.78. The van der Waals surface area contributed by atoms with Crippen LogP contribution >= 0.6 is 11.3 Å². The average molecular weight is 964 g/mol. The number of amides is 5. The zero-order valence-electron chi connectivity index (χ0n) is 41.5. The smallest absolute Gasteiger partial charge is 0.324 e. The van der Waals surface area contributed by atoms with Crippen LogP contribution in [0.1, 0.15) is 96.0 Å². The maximum Gasteiger partial charge on any atom is 0.324 e. The number of fused-ring (bicyclic) bond motifs is 6. The number of likely N-dealkylation sites (N-methyl/N-ethyl adjacent to an activating group) is 1. The highest BCUT2D eigenvalue weighted by Crippen LogP contribution is 2.43. The van der Waals surface area contributed by atoms with Crippen LogP contribution in [0.3, 0.4) is 0 Å². The highest BCUT2D eigenvalue weighted by molar-refractivity contribution is 7.10. The van der Waals surface area contributed by atoms with Gasteiger partial charge < -0.3 is 34.1 Å². The second kappa shape index (κ2) is 20.4. The van der Waals surface area contributed by atoms with E-state index in [2.05, 4.69) is 66.9 Å². The molecule has 17 heteroatoms. The van der Waals surface area contributed by atoms with Crippen LogP contribution in [-0.4, -0.2) is 136 Å². The molecule has 4 aliphatic heterocycles. The molecule has 6 bridgehead atoms. The SMILES string of the molecule is C=CC(=O)N1CCC2(CCN(C(=O)N(C)C(C(=O)N[C@H]3Cc4nc(cs4)-c4ccc5c(c4)c(c(-c4cccnc4[C@H](C)OC)n5CC)CC(C)(C)COC(=O)[C@@H]4CCCN(N4)C3=O)C(C)C)CC2)C1. The zero-order chi connectivity index (χ0) is 49.4. The van der Waals surface area contributed by atoms with E-state index in [1.54, 1.807) is 25.3 Å². The first-order chi connectivity index (χ1) is 33.0. The zero-order valence-corrected chi connectivity index (χ0v) is 42.3. The number of hydrazine groups is 1. The summed E-state index contributed by atoms with van der Waals surface area (Å²) < 4.78 is 14.3. The van der Waals surface area contributed by atoms with E-state index >= 15 is 0 Å². The van der Waals surface area contributed by atoms with Crippen molar-refractivity contribution in [1.82, 2.24) is 45.0 Å². The van der Waals surface area contributed by atoms with E-state index in [0.717, 1.165) is 63.9 Å². The number of nitrogens with one attached hydrogen (secondary N) is 2. The van der Waals surface area contributed by atoms with Gasteiger partial charge in [-0.15, -0.1) is 11.3 Å². The van der Waals surface area contributed by atoms with Gasteiger partial charge in [0.2, 0.25) is 11.8 Å². The number of aromatic nitrogens is 3. The Morgan fingerprint density at radius 1 is 1.09 bits per heavy atom. The minimum absolute atomic E-state index is 0.0371. The summed E-state index contributed by atoms with van der Waals surface area (Å²) >= 11 is 1.42. The van der Waals surface area contributed by atoms with Crippen molar-refractivity contribution in [2.24, 2.45) is 16.7 Å². The number of aryl methyl sites for hydroxylation is 1. The largest absolute Gasteiger partial charge is 0.464 e. The summed E-state index contributed by atoms with van der Waals surface area (Å²) in [4.78, 5) is 84.8. The number of cyclic esters (lactones) is 1. The van der Waals surface area contributed by atoms with Gasteiger partial charge in [0.15, 0.2) is 0 Å². The maximum absolute atomic E-state index is 14.7. The number of carbonyl (C=O) groups is 5. The molecule has 0 saturated carbocycles. The highest BCUT2D eigenvalue weighted by atomic mass is 32.1. The normalized spacial score (nSPS) is 21.5. The molecule has 2 N–H and O–H groups in total. The Balaban J connectivity index is 1.11. The van der Waals surface area contributed by atoms with Crippen LogP contribution in [-0.2, 0) is 48.0 Å². The van der Waals surface area contributed by atoms with E-state index in [0.29, 0.717) is 63.5 Å². The van der Waals surface area contributed by atoms with Crippen molar-refractivity contribution in [3.8, 4) is 22.5 Å². The lowest BCUT2D eigenvalue weighted by Crippen LogP contribution is -2.62. The second-order valence-electron chi connectivity index (χ2n) is 20.6. The number of hydrogen-bond acceptors (Lipinski definition) is 11. The monoisotopic (exact) mass is 964 g/mol. The second-order valence-corrected chi connectivity index (χ2v) is 21.5. The molecule has 7 heterocycles. The van der Waals surface area contributed by atoms with E-state index in [4.69, 9.17) is 19.4 Å². The van der Waals surface area contributed by atoms with Crippen molar-refractivity contribution >= 4 is 52.0 Å². The predicted molar refractivity (Wildman–Crippen MR) is 266 cm³/mol. The summed E-state index contributed by atoms with van der Waals surface area (Å²) in [6, 6.07) is 7.44. The third-order valence-corrected chi connectivity index (χ3v) is 15.7. The molecule has 16 nitrogen and oxygen atoms in total. The highest BCUT2D eigenvalue weighted by Gasteiger charge is 2.44. The molecule has 370 valence electrons. The molecule has 4 aliphatic rings. The molecule has 1 unspecified atom stereocenters. The number of ether oxygens (including phenoxy) is 2. The first kappa shape index (κ1) is 49.8. The van der Waals surface area contributed by atoms with E-state index in [1.807, 2.05) is 37.1 Å². The Bertz CT molecular complexity index is 2600. The molecule has 69 heavy (non-hydrogen) atoms. The van der Waals surface area contributed by atoms with Gasteiger partial charge >= 0.3 is 12.0 Å². The van der Waals surface area contributed by atoms with Crippen molar-refractivity contribution in [2.45, 2.75) is 117 Å². The van der Waals surface area contributed by atoms with Gasteiger partial charge in [0.05, 0.1) is 34.8 Å². The van der Waals surface area contributed by atoms with Crippen LogP contribution in [0, 0.1) is 16.7 Å². The first-order valence-electron chi connectivity index (χ1n) is 24.5. The van der Waals surface area contributed by atoms with Crippen LogP contribution in [0.15, 0.2) is 54.6 Å².